The lowest BCUT2D eigenvalue weighted by Crippen LogP contribution is -1.97. The van der Waals surface area contributed by atoms with Gasteiger partial charge in [0.25, 0.3) is 0 Å². The number of nitriles is 2. The van der Waals surface area contributed by atoms with Gasteiger partial charge in [0.05, 0.1) is 0 Å². The molecule has 2 aromatic rings. The van der Waals surface area contributed by atoms with E-state index in [-0.39, 0.29) is 22.6 Å². The van der Waals surface area contributed by atoms with E-state index >= 15 is 0 Å². The molecule has 28 heavy (non-hydrogen) atoms. The molecule has 8 heteroatoms. The first-order valence-corrected chi connectivity index (χ1v) is 7.55. The molecule has 0 bridgehead atoms. The molecule has 140 valence electrons. The molecule has 0 saturated heterocycles. The first-order valence-electron chi connectivity index (χ1n) is 7.55. The van der Waals surface area contributed by atoms with Crippen molar-refractivity contribution in [3.05, 3.63) is 70.8 Å². The molecule has 0 saturated carbocycles. The number of carboxylic acids is 2. The van der Waals surface area contributed by atoms with Gasteiger partial charge in [-0.05, 0) is 47.5 Å². The second-order valence-corrected chi connectivity index (χ2v) is 5.13. The van der Waals surface area contributed by atoms with E-state index in [0.717, 1.165) is 0 Å². The third-order valence-corrected chi connectivity index (χ3v) is 3.11. The fourth-order valence-corrected chi connectivity index (χ4v) is 1.76. The Balaban J connectivity index is 0.000000280. The average molecular weight is 378 g/mol. The first-order chi connectivity index (χ1) is 13.3. The van der Waals surface area contributed by atoms with Crippen LogP contribution in [0.2, 0.25) is 0 Å². The summed E-state index contributed by atoms with van der Waals surface area (Å²) in [6, 6.07) is 14.9. The van der Waals surface area contributed by atoms with Crippen LogP contribution in [0.5, 0.6) is 11.5 Å². The van der Waals surface area contributed by atoms with Gasteiger partial charge in [-0.15, -0.1) is 0 Å². The molecule has 0 spiro atoms. The molecule has 0 heterocycles. The summed E-state index contributed by atoms with van der Waals surface area (Å²) in [5, 5.41) is 51.9. The van der Waals surface area contributed by atoms with E-state index in [2.05, 4.69) is 0 Å². The molecule has 0 atom stereocenters. The van der Waals surface area contributed by atoms with Crippen LogP contribution in [0.1, 0.15) is 11.1 Å². The number of nitrogens with zero attached hydrogens (tertiary/aromatic N) is 2. The summed E-state index contributed by atoms with van der Waals surface area (Å²) < 4.78 is 0. The molecule has 0 radical (unpaired) electrons. The highest BCUT2D eigenvalue weighted by Crippen LogP contribution is 2.13. The van der Waals surface area contributed by atoms with Gasteiger partial charge in [0.15, 0.2) is 0 Å². The van der Waals surface area contributed by atoms with Crippen LogP contribution in [0.4, 0.5) is 0 Å². The maximum Gasteiger partial charge on any atom is 0.346 e. The van der Waals surface area contributed by atoms with Crippen molar-refractivity contribution in [3.8, 4) is 23.6 Å². The molecule has 0 aliphatic heterocycles. The van der Waals surface area contributed by atoms with Gasteiger partial charge in [0.2, 0.25) is 0 Å². The summed E-state index contributed by atoms with van der Waals surface area (Å²) in [6.45, 7) is 0. The third-order valence-electron chi connectivity index (χ3n) is 3.11. The van der Waals surface area contributed by atoms with Gasteiger partial charge in [-0.3, -0.25) is 0 Å². The molecule has 0 fully saturated rings. The van der Waals surface area contributed by atoms with E-state index in [1.807, 2.05) is 0 Å². The number of hydrogen-bond acceptors (Lipinski definition) is 6. The van der Waals surface area contributed by atoms with Crippen LogP contribution in [-0.4, -0.2) is 32.4 Å². The summed E-state index contributed by atoms with van der Waals surface area (Å²) in [5.74, 6) is -2.34. The molecular weight excluding hydrogens is 364 g/mol. The minimum absolute atomic E-state index is 0.0935. The van der Waals surface area contributed by atoms with Gasteiger partial charge in [0, 0.05) is 0 Å². The second-order valence-electron chi connectivity index (χ2n) is 5.13. The van der Waals surface area contributed by atoms with Crippen LogP contribution in [-0.2, 0) is 9.59 Å². The average Bonchev–Trinajstić information content (AvgIpc) is 2.67. The first kappa shape index (κ1) is 21.5. The Morgan fingerprint density at radius 3 is 1.18 bits per heavy atom. The molecule has 2 rings (SSSR count). The van der Waals surface area contributed by atoms with Gasteiger partial charge in [-0.25, -0.2) is 9.59 Å². The molecule has 8 nitrogen and oxygen atoms in total. The van der Waals surface area contributed by atoms with Crippen LogP contribution >= 0.6 is 0 Å². The van der Waals surface area contributed by atoms with E-state index < -0.39 is 11.9 Å². The second kappa shape index (κ2) is 10.4. The number of phenolic OH excluding ortho intramolecular Hbond substituents is 2. The van der Waals surface area contributed by atoms with Gasteiger partial charge in [0.1, 0.15) is 34.8 Å². The van der Waals surface area contributed by atoms with Crippen molar-refractivity contribution in [3.63, 3.8) is 0 Å². The Morgan fingerprint density at radius 1 is 0.679 bits per heavy atom. The minimum Gasteiger partial charge on any atom is -0.508 e. The fourth-order valence-electron chi connectivity index (χ4n) is 1.76. The van der Waals surface area contributed by atoms with Crippen molar-refractivity contribution in [2.75, 3.05) is 0 Å². The molecule has 0 amide bonds. The van der Waals surface area contributed by atoms with Gasteiger partial charge >= 0.3 is 11.9 Å². The minimum atomic E-state index is -1.26. The maximum atomic E-state index is 10.5. The van der Waals surface area contributed by atoms with E-state index in [1.165, 1.54) is 60.7 Å². The third kappa shape index (κ3) is 7.13. The Labute approximate surface area is 159 Å². The predicted molar refractivity (Wildman–Crippen MR) is 98.7 cm³/mol. The standard InChI is InChI=1S/2C10H7NO3/c2*11-6-8(10(13)14)5-7-1-3-9(12)4-2-7/h2*1-5,12H,(H,13,14). The zero-order valence-electron chi connectivity index (χ0n) is 14.3. The molecule has 0 aliphatic rings. The van der Waals surface area contributed by atoms with Crippen molar-refractivity contribution < 1.29 is 30.0 Å². The predicted octanol–water partition coefficient (Wildman–Crippen LogP) is 2.77. The van der Waals surface area contributed by atoms with E-state index in [0.29, 0.717) is 11.1 Å². The highest BCUT2D eigenvalue weighted by molar-refractivity contribution is 5.97. The van der Waals surface area contributed by atoms with E-state index in [1.54, 1.807) is 12.1 Å². The highest BCUT2D eigenvalue weighted by atomic mass is 16.4. The number of aromatic hydroxyl groups is 2. The molecule has 0 aromatic heterocycles. The summed E-state index contributed by atoms with van der Waals surface area (Å²) in [4.78, 5) is 20.9. The largest absolute Gasteiger partial charge is 0.508 e. The quantitative estimate of drug-likeness (QED) is 0.466. The Hall–Kier alpha value is -4.56. The van der Waals surface area contributed by atoms with E-state index in [9.17, 15) is 9.59 Å². The number of hydrogen-bond donors (Lipinski definition) is 4. The van der Waals surface area contributed by atoms with Gasteiger partial charge in [-0.2, -0.15) is 10.5 Å². The van der Waals surface area contributed by atoms with Crippen molar-refractivity contribution >= 4 is 24.1 Å². The molecular formula is C20H14N2O6. The van der Waals surface area contributed by atoms with Crippen molar-refractivity contribution in [2.24, 2.45) is 0 Å². The lowest BCUT2D eigenvalue weighted by Gasteiger charge is -1.94. The number of aliphatic carboxylic acids is 2. The highest BCUT2D eigenvalue weighted by Gasteiger charge is 2.05. The smallest absolute Gasteiger partial charge is 0.346 e. The van der Waals surface area contributed by atoms with Gasteiger partial charge in [-0.1, -0.05) is 24.3 Å². The normalized spacial score (nSPS) is 10.6. The Bertz CT molecular complexity index is 907. The topological polar surface area (TPSA) is 163 Å². The zero-order chi connectivity index (χ0) is 21.1. The lowest BCUT2D eigenvalue weighted by atomic mass is 10.1. The Morgan fingerprint density at radius 2 is 0.964 bits per heavy atom. The van der Waals surface area contributed by atoms with Crippen LogP contribution in [0.3, 0.4) is 0 Å². The van der Waals surface area contributed by atoms with Crippen molar-refractivity contribution in [1.82, 2.24) is 0 Å². The van der Waals surface area contributed by atoms with Crippen LogP contribution in [0.15, 0.2) is 59.7 Å². The summed E-state index contributed by atoms with van der Waals surface area (Å²) in [7, 11) is 0. The van der Waals surface area contributed by atoms with E-state index in [4.69, 9.17) is 30.9 Å². The molecule has 0 aliphatic carbocycles. The van der Waals surface area contributed by atoms with Crippen LogP contribution in [0.25, 0.3) is 12.2 Å². The van der Waals surface area contributed by atoms with Crippen LogP contribution < -0.4 is 0 Å². The number of carbonyl (C=O) groups is 2. The Kier molecular flexibility index (Phi) is 8.01. The summed E-state index contributed by atoms with van der Waals surface area (Å²) in [5.41, 5.74) is 0.440. The molecule has 2 aromatic carbocycles. The number of carboxylic acid groups (broad SMARTS) is 2. The lowest BCUT2D eigenvalue weighted by molar-refractivity contribution is -0.133. The van der Waals surface area contributed by atoms with Gasteiger partial charge < -0.3 is 20.4 Å². The molecule has 4 N–H and O–H groups in total. The zero-order valence-corrected chi connectivity index (χ0v) is 14.3. The fraction of sp³-hybridized carbons (Fsp3) is 0. The number of benzene rings is 2. The number of rotatable bonds is 4. The monoisotopic (exact) mass is 378 g/mol. The van der Waals surface area contributed by atoms with Crippen molar-refractivity contribution in [2.45, 2.75) is 0 Å². The SMILES string of the molecule is N#CC(=Cc1ccc(O)cc1)C(=O)O.N#CC(=Cc1ccc(O)cc1)C(=O)O. The molecule has 0 unspecified atom stereocenters. The maximum absolute atomic E-state index is 10.5. The van der Waals surface area contributed by atoms with Crippen molar-refractivity contribution in [1.29, 1.82) is 10.5 Å². The summed E-state index contributed by atoms with van der Waals surface area (Å²) >= 11 is 0. The summed E-state index contributed by atoms with van der Waals surface area (Å²) in [6.07, 6.45) is 2.48. The van der Waals surface area contributed by atoms with Crippen LogP contribution in [0, 0.1) is 22.7 Å². The number of phenols is 2.